The van der Waals surface area contributed by atoms with Crippen LogP contribution in [0.4, 0.5) is 13.2 Å². The molecule has 0 saturated carbocycles. The number of hydrogen-bond donors (Lipinski definition) is 1. The maximum Gasteiger partial charge on any atom is 0.423 e. The van der Waals surface area contributed by atoms with Crippen LogP contribution >= 0.6 is 0 Å². The van der Waals surface area contributed by atoms with Crippen LogP contribution in [-0.2, 0) is 15.7 Å². The van der Waals surface area contributed by atoms with Crippen molar-refractivity contribution in [2.24, 2.45) is 0 Å². The van der Waals surface area contributed by atoms with Crippen molar-refractivity contribution in [1.29, 1.82) is 0 Å². The van der Waals surface area contributed by atoms with E-state index in [1.807, 2.05) is 0 Å². The summed E-state index contributed by atoms with van der Waals surface area (Å²) in [5.74, 6) is 0.332. The van der Waals surface area contributed by atoms with Crippen LogP contribution in [0.15, 0.2) is 38.6 Å². The van der Waals surface area contributed by atoms with Crippen LogP contribution in [0.1, 0.15) is 28.8 Å². The number of aliphatic hydroxyl groups is 1. The number of terminal acetylenes is 1. The van der Waals surface area contributed by atoms with Gasteiger partial charge in [0.25, 0.3) is 5.56 Å². The van der Waals surface area contributed by atoms with Gasteiger partial charge >= 0.3 is 17.8 Å². The average molecular weight is 428 g/mol. The molecule has 9 nitrogen and oxygen atoms in total. The minimum atomic E-state index is -5.16. The lowest BCUT2D eigenvalue weighted by molar-refractivity contribution is -0.139. The fourth-order valence-corrected chi connectivity index (χ4v) is 3.03. The summed E-state index contributed by atoms with van der Waals surface area (Å²) in [6, 6.07) is 2.36. The third kappa shape index (κ3) is 3.95. The van der Waals surface area contributed by atoms with Gasteiger partial charge in [-0.25, -0.2) is 4.79 Å². The van der Waals surface area contributed by atoms with Crippen molar-refractivity contribution in [2.75, 3.05) is 13.2 Å². The second kappa shape index (κ2) is 8.31. The lowest BCUT2D eigenvalue weighted by Crippen LogP contribution is -2.47. The molecule has 1 aliphatic heterocycles. The summed E-state index contributed by atoms with van der Waals surface area (Å²) in [4.78, 5) is 37.6. The van der Waals surface area contributed by atoms with E-state index in [1.54, 1.807) is 0 Å². The molecular weight excluding hydrogens is 413 g/mol. The molecule has 2 aromatic heterocycles. The molecule has 0 spiro atoms. The summed E-state index contributed by atoms with van der Waals surface area (Å²) in [6.07, 6.45) is -2.03. The number of rotatable bonds is 5. The van der Waals surface area contributed by atoms with Crippen LogP contribution < -0.4 is 11.2 Å². The van der Waals surface area contributed by atoms with Gasteiger partial charge in [-0.15, -0.1) is 6.42 Å². The Kier molecular flexibility index (Phi) is 5.97. The fraction of sp³-hybridized carbons (Fsp3) is 0.389. The molecule has 1 N–H and O–H groups in total. The van der Waals surface area contributed by atoms with Gasteiger partial charge in [0, 0.05) is 12.6 Å². The summed E-state index contributed by atoms with van der Waals surface area (Å²) in [5, 5.41) is 9.42. The summed E-state index contributed by atoms with van der Waals surface area (Å²) >= 11 is 0. The number of aromatic nitrogens is 2. The van der Waals surface area contributed by atoms with E-state index in [0.717, 1.165) is 12.3 Å². The smallest absolute Gasteiger partial charge is 0.423 e. The minimum absolute atomic E-state index is 0.155. The highest BCUT2D eigenvalue weighted by molar-refractivity contribution is 5.93. The molecule has 3 heterocycles. The Balaban J connectivity index is 2.13. The van der Waals surface area contributed by atoms with E-state index in [0.29, 0.717) is 4.57 Å². The quantitative estimate of drug-likeness (QED) is 0.695. The van der Waals surface area contributed by atoms with Crippen LogP contribution in [0.3, 0.4) is 0 Å². The molecular formula is C18H15F3N2O7. The zero-order chi connectivity index (χ0) is 22.1. The van der Waals surface area contributed by atoms with Crippen molar-refractivity contribution in [2.45, 2.75) is 31.0 Å². The molecule has 1 aliphatic rings. The van der Waals surface area contributed by atoms with Crippen LogP contribution in [0.2, 0.25) is 0 Å². The predicted molar refractivity (Wildman–Crippen MR) is 92.6 cm³/mol. The van der Waals surface area contributed by atoms with E-state index < -0.39 is 59.7 Å². The number of furan rings is 1. The number of ether oxygens (including phenoxy) is 2. The predicted octanol–water partition coefficient (Wildman–Crippen LogP) is 0.609. The van der Waals surface area contributed by atoms with Crippen molar-refractivity contribution < 1.29 is 37.0 Å². The molecule has 3 atom stereocenters. The van der Waals surface area contributed by atoms with Crippen molar-refractivity contribution in [3.8, 4) is 12.3 Å². The molecule has 0 radical (unpaired) electrons. The molecule has 0 unspecified atom stereocenters. The normalized spacial score (nSPS) is 21.5. The Morgan fingerprint density at radius 3 is 2.70 bits per heavy atom. The Morgan fingerprint density at radius 1 is 1.40 bits per heavy atom. The van der Waals surface area contributed by atoms with Gasteiger partial charge in [-0.1, -0.05) is 5.92 Å². The van der Waals surface area contributed by atoms with Gasteiger partial charge < -0.3 is 19.0 Å². The first kappa shape index (κ1) is 21.6. The highest BCUT2D eigenvalue weighted by Gasteiger charge is 2.41. The van der Waals surface area contributed by atoms with E-state index in [1.165, 1.54) is 6.07 Å². The molecule has 12 heteroatoms. The Morgan fingerprint density at radius 2 is 2.13 bits per heavy atom. The Hall–Kier alpha value is -3.14. The van der Waals surface area contributed by atoms with E-state index in [2.05, 4.69) is 5.92 Å². The molecule has 3 rings (SSSR count). The molecule has 0 bridgehead atoms. The van der Waals surface area contributed by atoms with E-state index in [-0.39, 0.29) is 23.8 Å². The number of hydrogen-bond acceptors (Lipinski definition) is 7. The van der Waals surface area contributed by atoms with Crippen LogP contribution in [0.25, 0.3) is 0 Å². The lowest BCUT2D eigenvalue weighted by Gasteiger charge is -2.18. The second-order valence-electron chi connectivity index (χ2n) is 6.25. The first-order chi connectivity index (χ1) is 14.2. The van der Waals surface area contributed by atoms with E-state index >= 15 is 0 Å². The zero-order valence-electron chi connectivity index (χ0n) is 15.2. The van der Waals surface area contributed by atoms with E-state index in [4.69, 9.17) is 20.3 Å². The highest BCUT2D eigenvalue weighted by atomic mass is 19.4. The Bertz CT molecular complexity index is 1080. The van der Waals surface area contributed by atoms with Crippen molar-refractivity contribution in [1.82, 2.24) is 9.13 Å². The molecule has 30 heavy (non-hydrogen) atoms. The van der Waals surface area contributed by atoms with Gasteiger partial charge in [-0.3, -0.25) is 14.2 Å². The van der Waals surface area contributed by atoms with Crippen molar-refractivity contribution >= 4 is 5.91 Å². The summed E-state index contributed by atoms with van der Waals surface area (Å²) < 4.78 is 56.1. The van der Waals surface area contributed by atoms with Crippen LogP contribution in [0, 0.1) is 12.3 Å². The van der Waals surface area contributed by atoms with Gasteiger partial charge in [0.2, 0.25) is 0 Å². The molecule has 160 valence electrons. The zero-order valence-corrected chi connectivity index (χ0v) is 15.2. The number of carbonyl (C=O) groups excluding carboxylic acids is 1. The van der Waals surface area contributed by atoms with Gasteiger partial charge in [-0.05, 0) is 12.1 Å². The maximum atomic E-state index is 13.4. The summed E-state index contributed by atoms with van der Waals surface area (Å²) in [5.41, 5.74) is -4.96. The van der Waals surface area contributed by atoms with E-state index in [9.17, 15) is 32.7 Å². The van der Waals surface area contributed by atoms with Crippen LogP contribution in [-0.4, -0.2) is 45.6 Å². The largest absolute Gasteiger partial charge is 0.459 e. The number of carbonyl (C=O) groups is 1. The molecule has 0 amide bonds. The van der Waals surface area contributed by atoms with Crippen LogP contribution in [0.5, 0.6) is 0 Å². The fourth-order valence-electron chi connectivity index (χ4n) is 3.03. The number of halogens is 3. The third-order valence-corrected chi connectivity index (χ3v) is 4.41. The van der Waals surface area contributed by atoms with Gasteiger partial charge in [0.15, 0.2) is 5.76 Å². The summed E-state index contributed by atoms with van der Waals surface area (Å²) in [7, 11) is 0. The monoisotopic (exact) mass is 428 g/mol. The first-order valence-corrected chi connectivity index (χ1v) is 8.54. The molecule has 1 fully saturated rings. The number of nitrogens with zero attached hydrogens (tertiary/aromatic N) is 2. The maximum absolute atomic E-state index is 13.4. The molecule has 0 aliphatic carbocycles. The number of aliphatic hydroxyl groups excluding tert-OH is 1. The molecule has 1 saturated heterocycles. The third-order valence-electron chi connectivity index (χ3n) is 4.41. The number of alkyl halides is 3. The lowest BCUT2D eigenvalue weighted by atomic mass is 10.2. The van der Waals surface area contributed by atoms with Gasteiger partial charge in [-0.2, -0.15) is 17.7 Å². The average Bonchev–Trinajstić information content (AvgIpc) is 3.35. The SMILES string of the molecule is C#CCO[C@H]1C[C@H](n2cc(C(F)(F)F)c(=O)n(C(=O)c3ccco3)c2=O)O[C@@H]1CO. The molecule has 2 aromatic rings. The van der Waals surface area contributed by atoms with Gasteiger partial charge in [0.05, 0.1) is 19.0 Å². The first-order valence-electron chi connectivity index (χ1n) is 8.54. The van der Waals surface area contributed by atoms with Crippen molar-refractivity contribution in [3.63, 3.8) is 0 Å². The standard InChI is InChI=1S/C18H15F3N2O7/c1-2-5-28-12-7-14(30-13(12)9-24)22-8-10(18(19,20)21)15(25)23(17(22)27)16(26)11-4-3-6-29-11/h1,3-4,6,8,12-14,24H,5,7,9H2/t12-,13+,14+/m0/s1. The summed E-state index contributed by atoms with van der Waals surface area (Å²) in [6.45, 7) is -0.714. The molecule has 0 aromatic carbocycles. The topological polar surface area (TPSA) is 113 Å². The van der Waals surface area contributed by atoms with Crippen molar-refractivity contribution in [3.05, 3.63) is 56.8 Å². The second-order valence-corrected chi connectivity index (χ2v) is 6.25. The highest BCUT2D eigenvalue weighted by Crippen LogP contribution is 2.31. The minimum Gasteiger partial charge on any atom is -0.459 e. The van der Waals surface area contributed by atoms with Gasteiger partial charge in [0.1, 0.15) is 24.5 Å². The Labute approximate surface area is 166 Å².